The van der Waals surface area contributed by atoms with Crippen LogP contribution in [0.4, 0.5) is 17.1 Å². The Bertz CT molecular complexity index is 1550. The Labute approximate surface area is 248 Å². The van der Waals surface area contributed by atoms with E-state index in [0.29, 0.717) is 11.3 Å². The van der Waals surface area contributed by atoms with Gasteiger partial charge in [0, 0.05) is 53.1 Å². The van der Waals surface area contributed by atoms with Crippen LogP contribution in [0.15, 0.2) is 87.8 Å². The number of rotatable bonds is 8. The molecule has 40 heavy (non-hydrogen) atoms. The summed E-state index contributed by atoms with van der Waals surface area (Å²) in [7, 11) is 1.77. The first-order valence-electron chi connectivity index (χ1n) is 13.1. The van der Waals surface area contributed by atoms with Crippen molar-refractivity contribution in [1.82, 2.24) is 5.32 Å². The molecule has 0 saturated heterocycles. The molecule has 0 bridgehead atoms. The number of carbonyl (C=O) groups is 2. The molecule has 2 heterocycles. The standard InChI is InChI=1S/C31H31ClN4O2S2/c1-6-35-25-15-21(20-8-11-24(33-5)23(14-20)31(38)18(3)34-19(4)37)9-12-27(25)39-29(35)17-30-36(7-2)26-16-22(32)10-13-28(26)40-30/h8-17,30,33H,3,6-7H2,1-2,4-5H3,(H,34,37). The van der Waals surface area contributed by atoms with Crippen molar-refractivity contribution < 1.29 is 9.59 Å². The van der Waals surface area contributed by atoms with Gasteiger partial charge in [0.2, 0.25) is 11.7 Å². The van der Waals surface area contributed by atoms with Gasteiger partial charge in [0.05, 0.1) is 22.1 Å². The number of hydrogen-bond acceptors (Lipinski definition) is 7. The molecule has 9 heteroatoms. The Balaban J connectivity index is 1.45. The van der Waals surface area contributed by atoms with E-state index in [0.717, 1.165) is 34.9 Å². The van der Waals surface area contributed by atoms with Gasteiger partial charge >= 0.3 is 0 Å². The summed E-state index contributed by atoms with van der Waals surface area (Å²) in [5, 5.41) is 7.73. The zero-order valence-corrected chi connectivity index (χ0v) is 25.3. The number of amides is 1. The molecule has 5 rings (SSSR count). The fourth-order valence-electron chi connectivity index (χ4n) is 5.03. The molecule has 0 aromatic heterocycles. The Morgan fingerprint density at radius 1 is 1.00 bits per heavy atom. The number of benzene rings is 3. The van der Waals surface area contributed by atoms with Crippen LogP contribution in [0.1, 0.15) is 31.1 Å². The van der Waals surface area contributed by atoms with Gasteiger partial charge in [0.1, 0.15) is 5.37 Å². The highest BCUT2D eigenvalue weighted by molar-refractivity contribution is 8.04. The molecule has 1 unspecified atom stereocenters. The summed E-state index contributed by atoms with van der Waals surface area (Å²) in [4.78, 5) is 31.8. The SMILES string of the molecule is C=C(NC(C)=O)C(=O)c1cc(-c2ccc3c(c2)N(CC)C(=CC2Sc4ccc(Cl)cc4N2CC)S3)ccc1NC. The normalized spacial score (nSPS) is 16.6. The maximum absolute atomic E-state index is 13.1. The monoisotopic (exact) mass is 590 g/mol. The van der Waals surface area contributed by atoms with E-state index < -0.39 is 0 Å². The predicted octanol–water partition coefficient (Wildman–Crippen LogP) is 7.61. The second-order valence-corrected chi connectivity index (χ2v) is 12.1. The lowest BCUT2D eigenvalue weighted by Gasteiger charge is -2.25. The molecular formula is C31H31ClN4O2S2. The average Bonchev–Trinajstić information content (AvgIpc) is 3.47. The number of Topliss-reactive ketones (excluding diaryl/α,β-unsaturated/α-hetero) is 1. The summed E-state index contributed by atoms with van der Waals surface area (Å²) in [6, 6.07) is 18.3. The molecule has 0 spiro atoms. The van der Waals surface area contributed by atoms with E-state index in [1.54, 1.807) is 18.8 Å². The number of likely N-dealkylation sites (N-methyl/N-ethyl adjacent to an activating group) is 1. The van der Waals surface area contributed by atoms with Crippen LogP contribution in [0.25, 0.3) is 11.1 Å². The Kier molecular flexibility index (Phi) is 8.21. The third kappa shape index (κ3) is 5.36. The van der Waals surface area contributed by atoms with E-state index in [-0.39, 0.29) is 22.8 Å². The van der Waals surface area contributed by atoms with E-state index in [1.807, 2.05) is 36.0 Å². The van der Waals surface area contributed by atoms with Crippen molar-refractivity contribution in [3.05, 3.63) is 88.6 Å². The van der Waals surface area contributed by atoms with Crippen LogP contribution in [-0.2, 0) is 4.79 Å². The smallest absolute Gasteiger partial charge is 0.221 e. The summed E-state index contributed by atoms with van der Waals surface area (Å²) in [5.74, 6) is -0.652. The largest absolute Gasteiger partial charge is 0.388 e. The molecule has 1 atom stereocenters. The number of fused-ring (bicyclic) bond motifs is 2. The molecule has 0 aliphatic carbocycles. The molecule has 6 nitrogen and oxygen atoms in total. The number of nitrogens with one attached hydrogen (secondary N) is 2. The van der Waals surface area contributed by atoms with Gasteiger partial charge in [-0.3, -0.25) is 9.59 Å². The van der Waals surface area contributed by atoms with Crippen molar-refractivity contribution in [3.63, 3.8) is 0 Å². The molecular weight excluding hydrogens is 560 g/mol. The Morgan fingerprint density at radius 3 is 2.42 bits per heavy atom. The molecule has 2 aliphatic heterocycles. The first-order chi connectivity index (χ1) is 19.2. The molecule has 206 valence electrons. The molecule has 2 aliphatic rings. The number of allylic oxidation sites excluding steroid dienone is 1. The number of halogens is 1. The van der Waals surface area contributed by atoms with E-state index >= 15 is 0 Å². The highest BCUT2D eigenvalue weighted by Crippen LogP contribution is 2.50. The van der Waals surface area contributed by atoms with E-state index in [9.17, 15) is 9.59 Å². The fraction of sp³-hybridized carbons (Fsp3) is 0.226. The van der Waals surface area contributed by atoms with Crippen molar-refractivity contribution in [1.29, 1.82) is 0 Å². The quantitative estimate of drug-likeness (QED) is 0.207. The number of anilines is 3. The van der Waals surface area contributed by atoms with Gasteiger partial charge in [0.25, 0.3) is 0 Å². The molecule has 0 saturated carbocycles. The Hall–Kier alpha value is -3.33. The van der Waals surface area contributed by atoms with Crippen molar-refractivity contribution in [2.24, 2.45) is 0 Å². The van der Waals surface area contributed by atoms with Crippen molar-refractivity contribution in [3.8, 4) is 11.1 Å². The van der Waals surface area contributed by atoms with Crippen LogP contribution in [0.2, 0.25) is 5.02 Å². The third-order valence-corrected chi connectivity index (χ3v) is 9.52. The second-order valence-electron chi connectivity index (χ2n) is 9.44. The predicted molar refractivity (Wildman–Crippen MR) is 170 cm³/mol. The number of thioether (sulfide) groups is 2. The van der Waals surface area contributed by atoms with Gasteiger partial charge in [-0.2, -0.15) is 0 Å². The van der Waals surface area contributed by atoms with E-state index in [1.165, 1.54) is 27.4 Å². The van der Waals surface area contributed by atoms with Crippen LogP contribution in [-0.4, -0.2) is 37.2 Å². The topological polar surface area (TPSA) is 64.7 Å². The van der Waals surface area contributed by atoms with Crippen molar-refractivity contribution >= 4 is 63.9 Å². The lowest BCUT2D eigenvalue weighted by Crippen LogP contribution is -2.28. The lowest BCUT2D eigenvalue weighted by molar-refractivity contribution is -0.118. The Morgan fingerprint density at radius 2 is 1.73 bits per heavy atom. The highest BCUT2D eigenvalue weighted by atomic mass is 35.5. The summed E-state index contributed by atoms with van der Waals surface area (Å²) < 4.78 is 0. The van der Waals surface area contributed by atoms with Crippen LogP contribution < -0.4 is 20.4 Å². The number of nitrogens with zero attached hydrogens (tertiary/aromatic N) is 2. The third-order valence-electron chi connectivity index (χ3n) is 6.93. The van der Waals surface area contributed by atoms with Gasteiger partial charge in [-0.25, -0.2) is 0 Å². The molecule has 3 aromatic carbocycles. The van der Waals surface area contributed by atoms with Gasteiger partial charge < -0.3 is 20.4 Å². The van der Waals surface area contributed by atoms with Crippen LogP contribution in [0.5, 0.6) is 0 Å². The molecule has 3 aromatic rings. The van der Waals surface area contributed by atoms with Gasteiger partial charge in [0.15, 0.2) is 0 Å². The summed E-state index contributed by atoms with van der Waals surface area (Å²) >= 11 is 9.94. The minimum absolute atomic E-state index is 0.0498. The second kappa shape index (κ2) is 11.6. The van der Waals surface area contributed by atoms with E-state index in [4.69, 9.17) is 11.6 Å². The number of hydrogen-bond donors (Lipinski definition) is 2. The zero-order chi connectivity index (χ0) is 28.6. The molecule has 0 fully saturated rings. The molecule has 1 amide bonds. The van der Waals surface area contributed by atoms with Gasteiger partial charge in [-0.15, -0.1) is 0 Å². The van der Waals surface area contributed by atoms with Crippen LogP contribution in [0.3, 0.4) is 0 Å². The maximum Gasteiger partial charge on any atom is 0.221 e. The minimum atomic E-state index is -0.328. The first kappa shape index (κ1) is 28.2. The number of ketones is 1. The maximum atomic E-state index is 13.1. The van der Waals surface area contributed by atoms with Gasteiger partial charge in [-0.05, 0) is 73.5 Å². The van der Waals surface area contributed by atoms with Crippen LogP contribution >= 0.6 is 35.1 Å². The lowest BCUT2D eigenvalue weighted by atomic mass is 9.98. The van der Waals surface area contributed by atoms with E-state index in [2.05, 4.69) is 77.3 Å². The van der Waals surface area contributed by atoms with Gasteiger partial charge in [-0.1, -0.05) is 53.8 Å². The fourth-order valence-corrected chi connectivity index (χ4v) is 7.75. The summed E-state index contributed by atoms with van der Waals surface area (Å²) in [6.45, 7) is 11.2. The summed E-state index contributed by atoms with van der Waals surface area (Å²) in [5.41, 5.74) is 5.44. The minimum Gasteiger partial charge on any atom is -0.388 e. The number of carbonyl (C=O) groups excluding carboxylic acids is 2. The molecule has 2 N–H and O–H groups in total. The molecule has 0 radical (unpaired) electrons. The summed E-state index contributed by atoms with van der Waals surface area (Å²) in [6.07, 6.45) is 2.35. The first-order valence-corrected chi connectivity index (χ1v) is 15.2. The van der Waals surface area contributed by atoms with Crippen molar-refractivity contribution in [2.45, 2.75) is 35.9 Å². The highest BCUT2D eigenvalue weighted by Gasteiger charge is 2.31. The zero-order valence-electron chi connectivity index (χ0n) is 22.9. The van der Waals surface area contributed by atoms with Crippen molar-refractivity contribution in [2.75, 3.05) is 35.3 Å². The van der Waals surface area contributed by atoms with Crippen LogP contribution in [0, 0.1) is 0 Å². The average molecular weight is 591 g/mol.